The number of nitrogens with one attached hydrogen (secondary N) is 1. The van der Waals surface area contributed by atoms with Crippen LogP contribution in [0.3, 0.4) is 0 Å². The number of carbonyl (C=O) groups excluding carboxylic acids is 2. The number of ether oxygens (including phenoxy) is 1. The number of thiophene rings is 1. The second-order valence-corrected chi connectivity index (χ2v) is 8.35. The Morgan fingerprint density at radius 3 is 2.52 bits per heavy atom. The monoisotopic (exact) mass is 405 g/mol. The number of para-hydroxylation sites is 1. The molecule has 0 spiro atoms. The Balaban J connectivity index is 1.44. The van der Waals surface area contributed by atoms with Gasteiger partial charge in [0.1, 0.15) is 4.88 Å². The first-order chi connectivity index (χ1) is 14.1. The maximum absolute atomic E-state index is 12.7. The molecule has 0 unspecified atom stereocenters. The zero-order valence-corrected chi connectivity index (χ0v) is 17.1. The van der Waals surface area contributed by atoms with Gasteiger partial charge >= 0.3 is 5.97 Å². The summed E-state index contributed by atoms with van der Waals surface area (Å²) in [6, 6.07) is 19.4. The third-order valence-corrected chi connectivity index (χ3v) is 6.34. The van der Waals surface area contributed by atoms with Crippen molar-refractivity contribution in [2.45, 2.75) is 38.7 Å². The summed E-state index contributed by atoms with van der Waals surface area (Å²) in [5.41, 5.74) is 3.88. The Bertz CT molecular complexity index is 1000. The van der Waals surface area contributed by atoms with Crippen LogP contribution in [0.15, 0.2) is 60.7 Å². The van der Waals surface area contributed by atoms with Gasteiger partial charge in [0.05, 0.1) is 0 Å². The van der Waals surface area contributed by atoms with Crippen LogP contribution < -0.4 is 5.32 Å². The molecule has 1 aliphatic rings. The lowest BCUT2D eigenvalue weighted by Crippen LogP contribution is -2.30. The minimum absolute atomic E-state index is 0.344. The summed E-state index contributed by atoms with van der Waals surface area (Å²) < 4.78 is 5.45. The van der Waals surface area contributed by atoms with Gasteiger partial charge in [0.25, 0.3) is 5.91 Å². The van der Waals surface area contributed by atoms with Crippen LogP contribution in [-0.4, -0.2) is 18.0 Å². The number of aryl methyl sites for hydroxylation is 2. The van der Waals surface area contributed by atoms with Crippen molar-refractivity contribution in [1.29, 1.82) is 0 Å². The van der Waals surface area contributed by atoms with Crippen molar-refractivity contribution in [3.05, 3.63) is 76.0 Å². The Morgan fingerprint density at radius 2 is 1.72 bits per heavy atom. The number of hydrogen-bond donors (Lipinski definition) is 1. The second kappa shape index (κ2) is 8.62. The number of amides is 1. The second-order valence-electron chi connectivity index (χ2n) is 7.21. The van der Waals surface area contributed by atoms with Crippen LogP contribution in [0.2, 0.25) is 0 Å². The van der Waals surface area contributed by atoms with Crippen LogP contribution in [-0.2, 0) is 22.4 Å². The molecule has 29 heavy (non-hydrogen) atoms. The first-order valence-electron chi connectivity index (χ1n) is 9.89. The van der Waals surface area contributed by atoms with E-state index in [0.717, 1.165) is 30.4 Å². The van der Waals surface area contributed by atoms with E-state index in [1.54, 1.807) is 6.92 Å². The fourth-order valence-corrected chi connectivity index (χ4v) is 4.70. The number of anilines is 1. The van der Waals surface area contributed by atoms with Gasteiger partial charge in [-0.15, -0.1) is 11.3 Å². The molecule has 0 bridgehead atoms. The first kappa shape index (κ1) is 19.4. The van der Waals surface area contributed by atoms with Crippen molar-refractivity contribution in [2.24, 2.45) is 0 Å². The molecule has 0 radical (unpaired) electrons. The van der Waals surface area contributed by atoms with Gasteiger partial charge in [0, 0.05) is 16.1 Å². The van der Waals surface area contributed by atoms with Crippen molar-refractivity contribution in [3.63, 3.8) is 0 Å². The fraction of sp³-hybridized carbons (Fsp3) is 0.250. The maximum atomic E-state index is 12.7. The molecule has 1 heterocycles. The molecule has 1 N–H and O–H groups in total. The third-order valence-electron chi connectivity index (χ3n) is 5.12. The largest absolute Gasteiger partial charge is 0.448 e. The fourth-order valence-electron chi connectivity index (χ4n) is 3.56. The van der Waals surface area contributed by atoms with Crippen LogP contribution in [0.1, 0.15) is 39.9 Å². The zero-order valence-electron chi connectivity index (χ0n) is 16.3. The smallest absolute Gasteiger partial charge is 0.349 e. The van der Waals surface area contributed by atoms with Gasteiger partial charge in [0.15, 0.2) is 6.10 Å². The quantitative estimate of drug-likeness (QED) is 0.572. The lowest BCUT2D eigenvalue weighted by atomic mass is 9.99. The average molecular weight is 406 g/mol. The highest BCUT2D eigenvalue weighted by atomic mass is 32.1. The van der Waals surface area contributed by atoms with Gasteiger partial charge in [-0.2, -0.15) is 0 Å². The summed E-state index contributed by atoms with van der Waals surface area (Å²) in [7, 11) is 0. The molecule has 0 aliphatic heterocycles. The molecule has 1 amide bonds. The summed E-state index contributed by atoms with van der Waals surface area (Å²) in [6.45, 7) is 1.60. The van der Waals surface area contributed by atoms with Gasteiger partial charge in [-0.3, -0.25) is 4.79 Å². The molecule has 0 saturated heterocycles. The summed E-state index contributed by atoms with van der Waals surface area (Å²) in [5, 5.41) is 2.90. The Morgan fingerprint density at radius 1 is 1.00 bits per heavy atom. The highest BCUT2D eigenvalue weighted by Crippen LogP contribution is 2.31. The number of carbonyl (C=O) groups is 2. The molecule has 5 heteroatoms. The van der Waals surface area contributed by atoms with E-state index in [9.17, 15) is 9.59 Å². The number of esters is 1. The summed E-state index contributed by atoms with van der Waals surface area (Å²) in [6.07, 6.45) is 3.50. The Labute approximate surface area is 174 Å². The molecule has 2 aromatic carbocycles. The van der Waals surface area contributed by atoms with Crippen LogP contribution in [0.4, 0.5) is 5.69 Å². The van der Waals surface area contributed by atoms with E-state index in [0.29, 0.717) is 10.6 Å². The van der Waals surface area contributed by atoms with E-state index >= 15 is 0 Å². The molecule has 4 rings (SSSR count). The minimum Gasteiger partial charge on any atom is -0.448 e. The highest BCUT2D eigenvalue weighted by Gasteiger charge is 2.23. The standard InChI is InChI=1S/C24H23NO3S/c1-16(28-24(27)22-15-18-11-5-8-14-21(18)29-22)23(26)25-20-13-7-6-12-19(20)17-9-3-2-4-10-17/h2-4,6-7,9-10,12-13,15-16H,5,8,11,14H2,1H3,(H,25,26)/t16-/m0/s1. The number of fused-ring (bicyclic) bond motifs is 1. The normalized spacial score (nSPS) is 14.0. The van der Waals surface area contributed by atoms with Gasteiger partial charge in [0.2, 0.25) is 0 Å². The maximum Gasteiger partial charge on any atom is 0.349 e. The van der Waals surface area contributed by atoms with E-state index in [1.807, 2.05) is 60.7 Å². The van der Waals surface area contributed by atoms with Crippen molar-refractivity contribution in [3.8, 4) is 11.1 Å². The predicted octanol–water partition coefficient (Wildman–Crippen LogP) is 5.48. The number of benzene rings is 2. The molecule has 0 fully saturated rings. The van der Waals surface area contributed by atoms with Crippen molar-refractivity contribution < 1.29 is 14.3 Å². The summed E-state index contributed by atoms with van der Waals surface area (Å²) in [5.74, 6) is -0.772. The Hall–Kier alpha value is -2.92. The van der Waals surface area contributed by atoms with Gasteiger partial charge in [-0.25, -0.2) is 4.79 Å². The van der Waals surface area contributed by atoms with Crippen LogP contribution in [0, 0.1) is 0 Å². The molecule has 148 valence electrons. The summed E-state index contributed by atoms with van der Waals surface area (Å²) >= 11 is 1.49. The Kier molecular flexibility index (Phi) is 5.76. The molecular weight excluding hydrogens is 382 g/mol. The van der Waals surface area contributed by atoms with E-state index in [4.69, 9.17) is 4.74 Å². The molecule has 4 nitrogen and oxygen atoms in total. The molecule has 1 aromatic heterocycles. The lowest BCUT2D eigenvalue weighted by Gasteiger charge is -2.15. The third kappa shape index (κ3) is 4.40. The van der Waals surface area contributed by atoms with E-state index in [-0.39, 0.29) is 5.91 Å². The van der Waals surface area contributed by atoms with Crippen molar-refractivity contribution >= 4 is 28.9 Å². The van der Waals surface area contributed by atoms with Gasteiger partial charge in [-0.05, 0) is 55.9 Å². The van der Waals surface area contributed by atoms with E-state index in [2.05, 4.69) is 5.32 Å². The van der Waals surface area contributed by atoms with Gasteiger partial charge in [-0.1, -0.05) is 48.5 Å². The number of rotatable bonds is 5. The molecule has 3 aromatic rings. The van der Waals surface area contributed by atoms with E-state index in [1.165, 1.54) is 28.2 Å². The van der Waals surface area contributed by atoms with Crippen LogP contribution in [0.5, 0.6) is 0 Å². The summed E-state index contributed by atoms with van der Waals surface area (Å²) in [4.78, 5) is 27.1. The molecule has 0 saturated carbocycles. The highest BCUT2D eigenvalue weighted by molar-refractivity contribution is 7.14. The molecule has 1 atom stereocenters. The predicted molar refractivity (Wildman–Crippen MR) is 116 cm³/mol. The first-order valence-corrected chi connectivity index (χ1v) is 10.7. The van der Waals surface area contributed by atoms with Crippen LogP contribution >= 0.6 is 11.3 Å². The molecular formula is C24H23NO3S. The molecule has 1 aliphatic carbocycles. The lowest BCUT2D eigenvalue weighted by molar-refractivity contribution is -0.123. The zero-order chi connectivity index (χ0) is 20.2. The number of hydrogen-bond acceptors (Lipinski definition) is 4. The topological polar surface area (TPSA) is 55.4 Å². The van der Waals surface area contributed by atoms with Gasteiger partial charge < -0.3 is 10.1 Å². The SMILES string of the molecule is C[C@H](OC(=O)c1cc2c(s1)CCCC2)C(=O)Nc1ccccc1-c1ccccc1. The van der Waals surface area contributed by atoms with Crippen molar-refractivity contribution in [1.82, 2.24) is 0 Å². The van der Waals surface area contributed by atoms with Crippen LogP contribution in [0.25, 0.3) is 11.1 Å². The average Bonchev–Trinajstić information content (AvgIpc) is 3.19. The minimum atomic E-state index is -0.884. The van der Waals surface area contributed by atoms with Crippen molar-refractivity contribution in [2.75, 3.05) is 5.32 Å². The van der Waals surface area contributed by atoms with E-state index < -0.39 is 12.1 Å².